The third-order valence-electron chi connectivity index (χ3n) is 3.90. The van der Waals surface area contributed by atoms with Gasteiger partial charge >= 0.3 is 0 Å². The van der Waals surface area contributed by atoms with Crippen LogP contribution in [0.15, 0.2) is 53.2 Å². The summed E-state index contributed by atoms with van der Waals surface area (Å²) in [6, 6.07) is 12.9. The number of halogens is 2. The van der Waals surface area contributed by atoms with Crippen molar-refractivity contribution >= 4 is 57.8 Å². The average Bonchev–Trinajstić information content (AvgIpc) is 2.95. The first-order chi connectivity index (χ1) is 13.0. The molecule has 0 atom stereocenters. The Morgan fingerprint density at radius 2 is 1.89 bits per heavy atom. The zero-order valence-electron chi connectivity index (χ0n) is 14.7. The number of carbonyl (C=O) groups is 1. The summed E-state index contributed by atoms with van der Waals surface area (Å²) in [6.07, 6.45) is 2.33. The van der Waals surface area contributed by atoms with Crippen LogP contribution in [-0.2, 0) is 4.79 Å². The summed E-state index contributed by atoms with van der Waals surface area (Å²) in [5.74, 6) is 0.474. The second-order valence-electron chi connectivity index (χ2n) is 6.00. The van der Waals surface area contributed by atoms with E-state index in [9.17, 15) is 4.79 Å². The number of rotatable bonds is 5. The number of nitrogens with zero attached hydrogens (tertiary/aromatic N) is 2. The van der Waals surface area contributed by atoms with Gasteiger partial charge in [0.05, 0.1) is 15.7 Å². The van der Waals surface area contributed by atoms with Crippen molar-refractivity contribution in [3.63, 3.8) is 0 Å². The zero-order chi connectivity index (χ0) is 19.4. The first kappa shape index (κ1) is 20.0. The lowest BCUT2D eigenvalue weighted by molar-refractivity contribution is -0.113. The first-order valence-corrected chi connectivity index (χ1v) is 10.1. The highest BCUT2D eigenvalue weighted by molar-refractivity contribution is 8.14. The molecule has 0 aromatic heterocycles. The molecule has 7 heteroatoms. The van der Waals surface area contributed by atoms with Gasteiger partial charge < -0.3 is 5.11 Å². The van der Waals surface area contributed by atoms with Crippen LogP contribution in [0.2, 0.25) is 10.0 Å². The normalized spacial score (nSPS) is 15.6. The van der Waals surface area contributed by atoms with Crippen molar-refractivity contribution in [1.29, 1.82) is 0 Å². The largest absolute Gasteiger partial charge is 0.396 e. The second kappa shape index (κ2) is 8.93. The number of benzene rings is 2. The molecule has 4 nitrogen and oxygen atoms in total. The smallest absolute Gasteiger partial charge is 0.283 e. The molecule has 0 aliphatic carbocycles. The van der Waals surface area contributed by atoms with E-state index in [0.29, 0.717) is 33.1 Å². The molecule has 0 bridgehead atoms. The predicted octanol–water partition coefficient (Wildman–Crippen LogP) is 5.16. The minimum absolute atomic E-state index is 0.102. The van der Waals surface area contributed by atoms with Crippen LogP contribution in [0.25, 0.3) is 6.08 Å². The molecule has 1 aliphatic heterocycles. The third kappa shape index (κ3) is 4.74. The van der Waals surface area contributed by atoms with Crippen LogP contribution >= 0.6 is 35.0 Å². The monoisotopic (exact) mass is 420 g/mol. The Labute approximate surface area is 172 Å². The SMILES string of the molecule is Cc1ccc(N2C(=O)/C(=C\c3ccc(Cl)c(Cl)c3)N=C2SCCCO)cc1. The van der Waals surface area contributed by atoms with E-state index in [1.165, 1.54) is 11.8 Å². The highest BCUT2D eigenvalue weighted by Gasteiger charge is 2.31. The molecular weight excluding hydrogens is 403 g/mol. The number of hydrogen-bond donors (Lipinski definition) is 1. The number of carbonyl (C=O) groups excluding carboxylic acids is 1. The maximum atomic E-state index is 13.0. The standard InChI is InChI=1S/C20H18Cl2N2O2S/c1-13-3-6-15(7-4-13)24-19(26)18(23-20(24)27-10-2-9-25)12-14-5-8-16(21)17(22)11-14/h3-8,11-12,25H,2,9-10H2,1H3/b18-12+. The average molecular weight is 421 g/mol. The number of aliphatic hydroxyl groups is 1. The molecular formula is C20H18Cl2N2O2S. The molecule has 0 saturated carbocycles. The van der Waals surface area contributed by atoms with Gasteiger partial charge in [-0.05, 0) is 49.2 Å². The Bertz CT molecular complexity index is 911. The van der Waals surface area contributed by atoms with Gasteiger partial charge in [-0.2, -0.15) is 0 Å². The maximum absolute atomic E-state index is 13.0. The molecule has 1 amide bonds. The fourth-order valence-electron chi connectivity index (χ4n) is 2.50. The van der Waals surface area contributed by atoms with Gasteiger partial charge in [0, 0.05) is 12.4 Å². The van der Waals surface area contributed by atoms with Crippen molar-refractivity contribution in [2.24, 2.45) is 4.99 Å². The van der Waals surface area contributed by atoms with Gasteiger partial charge in [-0.1, -0.05) is 58.7 Å². The van der Waals surface area contributed by atoms with Crippen LogP contribution in [0, 0.1) is 6.92 Å². The Morgan fingerprint density at radius 3 is 2.56 bits per heavy atom. The van der Waals surface area contributed by atoms with Gasteiger partial charge in [0.1, 0.15) is 5.70 Å². The minimum atomic E-state index is -0.198. The number of hydrogen-bond acceptors (Lipinski definition) is 4. The van der Waals surface area contributed by atoms with Gasteiger partial charge in [0.2, 0.25) is 0 Å². The molecule has 0 fully saturated rings. The molecule has 1 aliphatic rings. The number of amidine groups is 1. The number of aliphatic imine (C=N–C) groups is 1. The highest BCUT2D eigenvalue weighted by Crippen LogP contribution is 2.31. The van der Waals surface area contributed by atoms with E-state index in [4.69, 9.17) is 28.3 Å². The van der Waals surface area contributed by atoms with E-state index < -0.39 is 0 Å². The van der Waals surface area contributed by atoms with E-state index in [1.54, 1.807) is 29.2 Å². The number of aryl methyl sites for hydroxylation is 1. The summed E-state index contributed by atoms with van der Waals surface area (Å²) in [6.45, 7) is 2.10. The molecule has 0 radical (unpaired) electrons. The minimum Gasteiger partial charge on any atom is -0.396 e. The number of anilines is 1. The number of amides is 1. The Hall–Kier alpha value is -1.79. The zero-order valence-corrected chi connectivity index (χ0v) is 17.0. The van der Waals surface area contributed by atoms with Crippen molar-refractivity contribution in [3.8, 4) is 0 Å². The molecule has 2 aromatic carbocycles. The summed E-state index contributed by atoms with van der Waals surface area (Å²) in [4.78, 5) is 19.1. The highest BCUT2D eigenvalue weighted by atomic mass is 35.5. The molecule has 27 heavy (non-hydrogen) atoms. The molecule has 1 heterocycles. The van der Waals surface area contributed by atoms with Crippen LogP contribution in [0.3, 0.4) is 0 Å². The van der Waals surface area contributed by atoms with E-state index in [2.05, 4.69) is 4.99 Å². The molecule has 0 unspecified atom stereocenters. The van der Waals surface area contributed by atoms with Crippen molar-refractivity contribution in [2.75, 3.05) is 17.3 Å². The molecule has 1 N–H and O–H groups in total. The summed E-state index contributed by atoms with van der Waals surface area (Å²) < 4.78 is 0. The van der Waals surface area contributed by atoms with Gasteiger partial charge in [0.25, 0.3) is 5.91 Å². The van der Waals surface area contributed by atoms with E-state index >= 15 is 0 Å². The lowest BCUT2D eigenvalue weighted by atomic mass is 10.2. The molecule has 3 rings (SSSR count). The van der Waals surface area contributed by atoms with Crippen LogP contribution < -0.4 is 4.90 Å². The number of thioether (sulfide) groups is 1. The molecule has 2 aromatic rings. The topological polar surface area (TPSA) is 52.9 Å². The summed E-state index contributed by atoms with van der Waals surface area (Å²) in [5.41, 5.74) is 2.96. The molecule has 140 valence electrons. The predicted molar refractivity (Wildman–Crippen MR) is 115 cm³/mol. The van der Waals surface area contributed by atoms with E-state index in [1.807, 2.05) is 31.2 Å². The van der Waals surface area contributed by atoms with Gasteiger partial charge in [-0.3, -0.25) is 9.69 Å². The van der Waals surface area contributed by atoms with E-state index in [0.717, 1.165) is 16.8 Å². The third-order valence-corrected chi connectivity index (χ3v) is 5.67. The second-order valence-corrected chi connectivity index (χ2v) is 7.88. The van der Waals surface area contributed by atoms with Crippen molar-refractivity contribution in [3.05, 3.63) is 69.3 Å². The molecule has 0 saturated heterocycles. The Kier molecular flexibility index (Phi) is 6.60. The Morgan fingerprint density at radius 1 is 1.15 bits per heavy atom. The first-order valence-electron chi connectivity index (χ1n) is 8.40. The summed E-state index contributed by atoms with van der Waals surface area (Å²) in [7, 11) is 0. The van der Waals surface area contributed by atoms with Crippen LogP contribution in [-0.4, -0.2) is 28.5 Å². The van der Waals surface area contributed by atoms with Crippen LogP contribution in [0.5, 0.6) is 0 Å². The maximum Gasteiger partial charge on any atom is 0.283 e. The lowest BCUT2D eigenvalue weighted by Crippen LogP contribution is -2.30. The van der Waals surface area contributed by atoms with Crippen molar-refractivity contribution < 1.29 is 9.90 Å². The van der Waals surface area contributed by atoms with Crippen molar-refractivity contribution in [1.82, 2.24) is 0 Å². The fourth-order valence-corrected chi connectivity index (χ4v) is 3.75. The summed E-state index contributed by atoms with van der Waals surface area (Å²) in [5, 5.41) is 10.5. The lowest BCUT2D eigenvalue weighted by Gasteiger charge is -2.17. The van der Waals surface area contributed by atoms with Gasteiger partial charge in [-0.25, -0.2) is 4.99 Å². The molecule has 0 spiro atoms. The van der Waals surface area contributed by atoms with Gasteiger partial charge in [-0.15, -0.1) is 0 Å². The van der Waals surface area contributed by atoms with Crippen LogP contribution in [0.1, 0.15) is 17.5 Å². The van der Waals surface area contributed by atoms with E-state index in [-0.39, 0.29) is 12.5 Å². The summed E-state index contributed by atoms with van der Waals surface area (Å²) >= 11 is 13.5. The van der Waals surface area contributed by atoms with Crippen LogP contribution in [0.4, 0.5) is 5.69 Å². The Balaban J connectivity index is 1.95. The number of aliphatic hydroxyl groups excluding tert-OH is 1. The fraction of sp³-hybridized carbons (Fsp3) is 0.200. The quantitative estimate of drug-likeness (QED) is 0.536. The van der Waals surface area contributed by atoms with Crippen molar-refractivity contribution in [2.45, 2.75) is 13.3 Å². The van der Waals surface area contributed by atoms with Gasteiger partial charge in [0.15, 0.2) is 5.17 Å².